The molecular weight excluding hydrogens is 682 g/mol. The van der Waals surface area contributed by atoms with Crippen molar-refractivity contribution in [3.05, 3.63) is 117 Å². The normalized spacial score (nSPS) is 11.3. The molecule has 7 N–H and O–H groups in total. The van der Waals surface area contributed by atoms with Crippen LogP contribution < -0.4 is 5.32 Å². The van der Waals surface area contributed by atoms with Crippen LogP contribution in [0.2, 0.25) is 0 Å². The number of hydrogen-bond donors (Lipinski definition) is 7. The Labute approximate surface area is 313 Å². The number of fused-ring (bicyclic) bond motifs is 2. The number of hydrogen-bond acceptors (Lipinski definition) is 8. The number of amides is 1. The summed E-state index contributed by atoms with van der Waals surface area (Å²) in [6, 6.07) is 21.8. The Morgan fingerprint density at radius 2 is 0.963 bits per heavy atom. The van der Waals surface area contributed by atoms with Crippen molar-refractivity contribution in [3.63, 3.8) is 0 Å². The van der Waals surface area contributed by atoms with E-state index in [4.69, 9.17) is 0 Å². The van der Waals surface area contributed by atoms with Gasteiger partial charge >= 0.3 is 0 Å². The summed E-state index contributed by atoms with van der Waals surface area (Å²) in [5.74, 6) is -4.17. The fourth-order valence-corrected chi connectivity index (χ4v) is 7.27. The number of carbonyl (C=O) groups excluding carboxylic acids is 2. The smallest absolute Gasteiger partial charge is 0.255 e. The first-order valence-corrected chi connectivity index (χ1v) is 18.2. The molecular formula is C45H45NO8. The van der Waals surface area contributed by atoms with Gasteiger partial charge in [0.1, 0.15) is 11.5 Å². The van der Waals surface area contributed by atoms with Crippen LogP contribution >= 0.6 is 0 Å². The van der Waals surface area contributed by atoms with Crippen LogP contribution in [0.15, 0.2) is 72.8 Å². The Morgan fingerprint density at radius 3 is 1.44 bits per heavy atom. The van der Waals surface area contributed by atoms with Crippen LogP contribution in [0.5, 0.6) is 34.5 Å². The second kappa shape index (κ2) is 15.4. The number of ketones is 1. The number of phenolic OH excluding ortho intramolecular Hbond substituents is 6. The zero-order valence-corrected chi connectivity index (χ0v) is 30.9. The van der Waals surface area contributed by atoms with E-state index < -0.39 is 34.7 Å². The Morgan fingerprint density at radius 1 is 0.537 bits per heavy atom. The van der Waals surface area contributed by atoms with Gasteiger partial charge in [-0.2, -0.15) is 0 Å². The molecule has 0 aromatic heterocycles. The van der Waals surface area contributed by atoms with Gasteiger partial charge in [0, 0.05) is 45.6 Å². The minimum Gasteiger partial charge on any atom is -0.507 e. The van der Waals surface area contributed by atoms with Crippen molar-refractivity contribution in [2.75, 3.05) is 6.54 Å². The summed E-state index contributed by atoms with van der Waals surface area (Å²) in [5.41, 5.74) is 5.45. The molecule has 0 atom stereocenters. The van der Waals surface area contributed by atoms with Gasteiger partial charge < -0.3 is 36.0 Å². The van der Waals surface area contributed by atoms with Crippen LogP contribution in [0.1, 0.15) is 80.8 Å². The van der Waals surface area contributed by atoms with Crippen LogP contribution in [-0.4, -0.2) is 48.9 Å². The standard InChI is InChI=1S/C45H45NO8/c1-5-26-10-14-28(15-11-26)8-7-9-34(47)39-30-20-24(3)37(41(50)32(30)22-35(48)43(39)52)38-25(4)21-31-33(42(38)51)23-36(49)44(53)40(31)45(54)46-19-18-29-16-12-27(6-2)13-17-29/h10-17,20-23,48-53H,5-9,18-19H2,1-4H3,(H,46,54). The molecule has 0 heterocycles. The topological polar surface area (TPSA) is 168 Å². The number of phenols is 6. The van der Waals surface area contributed by atoms with Crippen molar-refractivity contribution < 1.29 is 40.2 Å². The van der Waals surface area contributed by atoms with Gasteiger partial charge in [-0.1, -0.05) is 62.4 Å². The van der Waals surface area contributed by atoms with Crippen molar-refractivity contribution in [1.82, 2.24) is 5.32 Å². The maximum Gasteiger partial charge on any atom is 0.255 e. The van der Waals surface area contributed by atoms with Crippen LogP contribution in [0.4, 0.5) is 0 Å². The molecule has 1 amide bonds. The molecule has 6 rings (SSSR count). The summed E-state index contributed by atoms with van der Waals surface area (Å²) in [6.45, 7) is 7.76. The molecule has 0 aliphatic heterocycles. The number of rotatable bonds is 12. The van der Waals surface area contributed by atoms with Crippen LogP contribution in [0.25, 0.3) is 32.7 Å². The number of benzene rings is 6. The van der Waals surface area contributed by atoms with E-state index in [1.807, 2.05) is 36.4 Å². The predicted molar refractivity (Wildman–Crippen MR) is 211 cm³/mol. The highest BCUT2D eigenvalue weighted by Gasteiger charge is 2.28. The molecule has 0 saturated carbocycles. The van der Waals surface area contributed by atoms with E-state index in [1.165, 1.54) is 17.2 Å². The lowest BCUT2D eigenvalue weighted by atomic mass is 9.86. The van der Waals surface area contributed by atoms with Crippen LogP contribution in [0.3, 0.4) is 0 Å². The number of aryl methyl sites for hydroxylation is 5. The van der Waals surface area contributed by atoms with E-state index in [1.54, 1.807) is 26.0 Å². The monoisotopic (exact) mass is 727 g/mol. The molecule has 0 fully saturated rings. The molecule has 0 aliphatic carbocycles. The summed E-state index contributed by atoms with van der Waals surface area (Å²) in [5, 5.41) is 70.1. The summed E-state index contributed by atoms with van der Waals surface area (Å²) < 4.78 is 0. The van der Waals surface area contributed by atoms with Gasteiger partial charge in [-0.05, 0) is 104 Å². The molecule has 0 unspecified atom stereocenters. The fraction of sp³-hybridized carbons (Fsp3) is 0.244. The number of nitrogens with one attached hydrogen (secondary N) is 1. The summed E-state index contributed by atoms with van der Waals surface area (Å²) in [4.78, 5) is 27.1. The molecule has 9 nitrogen and oxygen atoms in total. The van der Waals surface area contributed by atoms with Crippen molar-refractivity contribution in [1.29, 1.82) is 0 Å². The lowest BCUT2D eigenvalue weighted by molar-refractivity contribution is 0.0950. The Kier molecular flexibility index (Phi) is 10.7. The Hall–Kier alpha value is -6.22. The lowest BCUT2D eigenvalue weighted by Crippen LogP contribution is -2.26. The Bertz CT molecular complexity index is 2240. The third kappa shape index (κ3) is 7.09. The highest BCUT2D eigenvalue weighted by molar-refractivity contribution is 6.16. The van der Waals surface area contributed by atoms with Crippen LogP contribution in [0, 0.1) is 13.8 Å². The lowest BCUT2D eigenvalue weighted by Gasteiger charge is -2.20. The summed E-state index contributed by atoms with van der Waals surface area (Å²) >= 11 is 0. The number of Topliss-reactive ketones (excluding diaryl/α,β-unsaturated/α-hetero) is 1. The fourth-order valence-electron chi connectivity index (χ4n) is 7.27. The highest BCUT2D eigenvalue weighted by Crippen LogP contribution is 2.51. The zero-order chi connectivity index (χ0) is 38.8. The maximum absolute atomic E-state index is 13.6. The molecule has 0 spiro atoms. The first kappa shape index (κ1) is 37.5. The minimum atomic E-state index is -0.642. The van der Waals surface area contributed by atoms with Gasteiger partial charge in [0.2, 0.25) is 0 Å². The van der Waals surface area contributed by atoms with Crippen molar-refractivity contribution in [2.24, 2.45) is 0 Å². The summed E-state index contributed by atoms with van der Waals surface area (Å²) in [6.07, 6.45) is 3.62. The predicted octanol–water partition coefficient (Wildman–Crippen LogP) is 8.81. The average molecular weight is 728 g/mol. The second-order valence-corrected chi connectivity index (χ2v) is 13.9. The van der Waals surface area contributed by atoms with Gasteiger partial charge in [0.05, 0.1) is 11.1 Å². The SMILES string of the molecule is CCc1ccc(CCCC(=O)c2c(O)c(O)cc3c(O)c(-c4c(C)cc5c(C(=O)NCCc6ccc(CC)cc6)c(O)c(O)cc5c4O)c(C)cc23)cc1. The molecule has 6 aromatic carbocycles. The quantitative estimate of drug-likeness (QED) is 0.0485. The molecule has 54 heavy (non-hydrogen) atoms. The number of aromatic hydroxyl groups is 6. The molecule has 278 valence electrons. The largest absolute Gasteiger partial charge is 0.507 e. The first-order valence-electron chi connectivity index (χ1n) is 18.2. The van der Waals surface area contributed by atoms with E-state index in [0.717, 1.165) is 30.0 Å². The van der Waals surface area contributed by atoms with E-state index in [-0.39, 0.29) is 68.3 Å². The number of carbonyl (C=O) groups is 2. The Balaban J connectivity index is 1.35. The van der Waals surface area contributed by atoms with Gasteiger partial charge in [-0.25, -0.2) is 0 Å². The highest BCUT2D eigenvalue weighted by atomic mass is 16.3. The summed E-state index contributed by atoms with van der Waals surface area (Å²) in [7, 11) is 0. The zero-order valence-electron chi connectivity index (χ0n) is 30.9. The van der Waals surface area contributed by atoms with E-state index in [9.17, 15) is 40.2 Å². The van der Waals surface area contributed by atoms with Gasteiger partial charge in [0.25, 0.3) is 5.91 Å². The van der Waals surface area contributed by atoms with E-state index >= 15 is 0 Å². The molecule has 6 aromatic rings. The van der Waals surface area contributed by atoms with Gasteiger partial charge in [-0.3, -0.25) is 9.59 Å². The average Bonchev–Trinajstić information content (AvgIpc) is 3.15. The maximum atomic E-state index is 13.6. The molecule has 0 aliphatic rings. The molecule has 0 radical (unpaired) electrons. The molecule has 9 heteroatoms. The van der Waals surface area contributed by atoms with Gasteiger partial charge in [0.15, 0.2) is 28.8 Å². The van der Waals surface area contributed by atoms with Gasteiger partial charge in [-0.15, -0.1) is 0 Å². The van der Waals surface area contributed by atoms with Crippen LogP contribution in [-0.2, 0) is 25.7 Å². The minimum absolute atomic E-state index is 0.0545. The van der Waals surface area contributed by atoms with E-state index in [2.05, 4.69) is 31.3 Å². The second-order valence-electron chi connectivity index (χ2n) is 13.9. The van der Waals surface area contributed by atoms with E-state index in [0.29, 0.717) is 30.4 Å². The molecule has 0 saturated heterocycles. The van der Waals surface area contributed by atoms with Crippen molar-refractivity contribution in [3.8, 4) is 45.6 Å². The third-order valence-electron chi connectivity index (χ3n) is 10.3. The molecule has 0 bridgehead atoms. The third-order valence-corrected chi connectivity index (χ3v) is 10.3. The van der Waals surface area contributed by atoms with Crippen molar-refractivity contribution >= 4 is 33.2 Å². The first-order chi connectivity index (χ1) is 25.8. The van der Waals surface area contributed by atoms with Crippen molar-refractivity contribution in [2.45, 2.75) is 66.2 Å².